The molecular formula is C12H11ClO2S2. The maximum absolute atomic E-state index is 11.3. The van der Waals surface area contributed by atoms with Gasteiger partial charge in [-0.1, -0.05) is 23.7 Å². The van der Waals surface area contributed by atoms with E-state index in [9.17, 15) is 8.42 Å². The van der Waals surface area contributed by atoms with Gasteiger partial charge in [0.15, 0.2) is 9.84 Å². The van der Waals surface area contributed by atoms with Gasteiger partial charge in [-0.2, -0.15) is 0 Å². The minimum Gasteiger partial charge on any atom is -0.224 e. The standard InChI is InChI=1S/C12H11ClO2S2/c1-8-7-11(12(13)16-8)9-3-5-10(6-4-9)17(2,14)15/h3-7H,1-2H3. The van der Waals surface area contributed by atoms with Crippen molar-refractivity contribution in [2.45, 2.75) is 11.8 Å². The van der Waals surface area contributed by atoms with Gasteiger partial charge in [0.2, 0.25) is 0 Å². The number of hydrogen-bond donors (Lipinski definition) is 0. The molecule has 0 unspecified atom stereocenters. The molecule has 2 nitrogen and oxygen atoms in total. The molecule has 0 radical (unpaired) electrons. The van der Waals surface area contributed by atoms with Gasteiger partial charge in [0.25, 0.3) is 0 Å². The maximum Gasteiger partial charge on any atom is 0.175 e. The molecule has 0 atom stereocenters. The Bertz CT molecular complexity index is 640. The zero-order valence-corrected chi connectivity index (χ0v) is 11.8. The molecule has 0 saturated heterocycles. The lowest BCUT2D eigenvalue weighted by atomic mass is 10.1. The molecule has 0 aliphatic heterocycles. The van der Waals surface area contributed by atoms with Gasteiger partial charge in [0.1, 0.15) is 4.34 Å². The molecular weight excluding hydrogens is 276 g/mol. The predicted octanol–water partition coefficient (Wildman–Crippen LogP) is 3.78. The van der Waals surface area contributed by atoms with Crippen LogP contribution in [-0.4, -0.2) is 14.7 Å². The third-order valence-electron chi connectivity index (χ3n) is 2.40. The summed E-state index contributed by atoms with van der Waals surface area (Å²) in [6.07, 6.45) is 1.20. The molecule has 5 heteroatoms. The van der Waals surface area contributed by atoms with E-state index in [2.05, 4.69) is 0 Å². The molecule has 1 heterocycles. The van der Waals surface area contributed by atoms with Gasteiger partial charge in [0.05, 0.1) is 4.90 Å². The Kier molecular flexibility index (Phi) is 3.30. The van der Waals surface area contributed by atoms with E-state index in [-0.39, 0.29) is 0 Å². The first kappa shape index (κ1) is 12.6. The molecule has 0 spiro atoms. The zero-order valence-electron chi connectivity index (χ0n) is 9.40. The van der Waals surface area contributed by atoms with Crippen LogP contribution in [0.3, 0.4) is 0 Å². The van der Waals surface area contributed by atoms with Gasteiger partial charge >= 0.3 is 0 Å². The summed E-state index contributed by atoms with van der Waals surface area (Å²) in [6.45, 7) is 1.99. The summed E-state index contributed by atoms with van der Waals surface area (Å²) >= 11 is 7.63. The fourth-order valence-electron chi connectivity index (χ4n) is 1.56. The maximum atomic E-state index is 11.3. The second-order valence-corrected chi connectivity index (χ2v) is 7.72. The van der Waals surface area contributed by atoms with Crippen LogP contribution < -0.4 is 0 Å². The lowest BCUT2D eigenvalue weighted by molar-refractivity contribution is 0.602. The lowest BCUT2D eigenvalue weighted by Gasteiger charge is -2.01. The van der Waals surface area contributed by atoms with Crippen LogP contribution in [0.4, 0.5) is 0 Å². The fraction of sp³-hybridized carbons (Fsp3) is 0.167. The summed E-state index contributed by atoms with van der Waals surface area (Å²) < 4.78 is 23.4. The summed E-state index contributed by atoms with van der Waals surface area (Å²) in [5, 5.41) is 0. The Morgan fingerprint density at radius 3 is 2.18 bits per heavy atom. The Balaban J connectivity index is 2.46. The zero-order chi connectivity index (χ0) is 12.6. The van der Waals surface area contributed by atoms with Crippen molar-refractivity contribution in [3.63, 3.8) is 0 Å². The van der Waals surface area contributed by atoms with E-state index in [0.29, 0.717) is 4.90 Å². The van der Waals surface area contributed by atoms with Crippen LogP contribution >= 0.6 is 22.9 Å². The van der Waals surface area contributed by atoms with E-state index in [0.717, 1.165) is 20.3 Å². The van der Waals surface area contributed by atoms with Crippen molar-refractivity contribution in [3.8, 4) is 11.1 Å². The van der Waals surface area contributed by atoms with Gasteiger partial charge in [-0.05, 0) is 30.7 Å². The van der Waals surface area contributed by atoms with Crippen LogP contribution in [-0.2, 0) is 9.84 Å². The number of sulfone groups is 1. The minimum absolute atomic E-state index is 0.323. The van der Waals surface area contributed by atoms with Crippen LogP contribution in [0.15, 0.2) is 35.2 Å². The highest BCUT2D eigenvalue weighted by molar-refractivity contribution is 7.90. The molecule has 0 fully saturated rings. The number of thiophene rings is 1. The summed E-state index contributed by atoms with van der Waals surface area (Å²) in [6, 6.07) is 8.78. The summed E-state index contributed by atoms with van der Waals surface area (Å²) in [5.74, 6) is 0. The largest absolute Gasteiger partial charge is 0.224 e. The summed E-state index contributed by atoms with van der Waals surface area (Å²) in [7, 11) is -3.14. The van der Waals surface area contributed by atoms with Crippen molar-refractivity contribution >= 4 is 32.8 Å². The Hall–Kier alpha value is -0.840. The summed E-state index contributed by atoms with van der Waals surface area (Å²) in [4.78, 5) is 1.46. The van der Waals surface area contributed by atoms with Crippen LogP contribution in [0.25, 0.3) is 11.1 Å². The van der Waals surface area contributed by atoms with Crippen LogP contribution in [0.2, 0.25) is 4.34 Å². The highest BCUT2D eigenvalue weighted by atomic mass is 35.5. The first-order chi connectivity index (χ1) is 7.88. The molecule has 0 amide bonds. The van der Waals surface area contributed by atoms with E-state index in [1.165, 1.54) is 17.6 Å². The van der Waals surface area contributed by atoms with Crippen LogP contribution in [0.5, 0.6) is 0 Å². The van der Waals surface area contributed by atoms with E-state index >= 15 is 0 Å². The predicted molar refractivity (Wildman–Crippen MR) is 72.6 cm³/mol. The molecule has 0 N–H and O–H groups in total. The number of aryl methyl sites for hydroxylation is 1. The Morgan fingerprint density at radius 2 is 1.76 bits per heavy atom. The first-order valence-electron chi connectivity index (χ1n) is 4.94. The van der Waals surface area contributed by atoms with Crippen molar-refractivity contribution < 1.29 is 8.42 Å². The lowest BCUT2D eigenvalue weighted by Crippen LogP contribution is -1.96. The number of rotatable bonds is 2. The Labute approximate surface area is 110 Å². The molecule has 1 aromatic heterocycles. The van der Waals surface area contributed by atoms with Crippen molar-refractivity contribution in [1.82, 2.24) is 0 Å². The van der Waals surface area contributed by atoms with Crippen molar-refractivity contribution in [3.05, 3.63) is 39.5 Å². The average molecular weight is 287 g/mol. The quantitative estimate of drug-likeness (QED) is 0.842. The average Bonchev–Trinajstić information content (AvgIpc) is 2.57. The Morgan fingerprint density at radius 1 is 1.18 bits per heavy atom. The van der Waals surface area contributed by atoms with Crippen molar-refractivity contribution in [1.29, 1.82) is 0 Å². The number of hydrogen-bond acceptors (Lipinski definition) is 3. The normalized spacial score (nSPS) is 11.7. The fourth-order valence-corrected chi connectivity index (χ4v) is 3.47. The molecule has 0 aliphatic rings. The number of benzene rings is 1. The first-order valence-corrected chi connectivity index (χ1v) is 8.03. The van der Waals surface area contributed by atoms with E-state index in [4.69, 9.17) is 11.6 Å². The third kappa shape index (κ3) is 2.70. The molecule has 2 rings (SSSR count). The molecule has 90 valence electrons. The van der Waals surface area contributed by atoms with Crippen LogP contribution in [0.1, 0.15) is 4.88 Å². The van der Waals surface area contributed by atoms with Gasteiger partial charge < -0.3 is 0 Å². The monoisotopic (exact) mass is 286 g/mol. The van der Waals surface area contributed by atoms with E-state index in [1.807, 2.05) is 13.0 Å². The molecule has 0 saturated carbocycles. The van der Waals surface area contributed by atoms with Gasteiger partial charge in [-0.15, -0.1) is 11.3 Å². The smallest absolute Gasteiger partial charge is 0.175 e. The second-order valence-electron chi connectivity index (χ2n) is 3.84. The topological polar surface area (TPSA) is 34.1 Å². The van der Waals surface area contributed by atoms with Gasteiger partial charge in [-0.3, -0.25) is 0 Å². The molecule has 2 aromatic rings. The van der Waals surface area contributed by atoms with E-state index < -0.39 is 9.84 Å². The molecule has 17 heavy (non-hydrogen) atoms. The molecule has 0 bridgehead atoms. The van der Waals surface area contributed by atoms with E-state index in [1.54, 1.807) is 24.3 Å². The van der Waals surface area contributed by atoms with Crippen molar-refractivity contribution in [2.24, 2.45) is 0 Å². The molecule has 0 aliphatic carbocycles. The molecule has 1 aromatic carbocycles. The van der Waals surface area contributed by atoms with Crippen molar-refractivity contribution in [2.75, 3.05) is 6.26 Å². The minimum atomic E-state index is -3.14. The highest BCUT2D eigenvalue weighted by Crippen LogP contribution is 2.35. The highest BCUT2D eigenvalue weighted by Gasteiger charge is 2.10. The summed E-state index contributed by atoms with van der Waals surface area (Å²) in [5.41, 5.74) is 1.89. The van der Waals surface area contributed by atoms with Crippen LogP contribution in [0, 0.1) is 6.92 Å². The third-order valence-corrected chi connectivity index (χ3v) is 4.81. The SMILES string of the molecule is Cc1cc(-c2ccc(S(C)(=O)=O)cc2)c(Cl)s1. The van der Waals surface area contributed by atoms with Gasteiger partial charge in [0, 0.05) is 16.7 Å². The number of halogens is 1. The van der Waals surface area contributed by atoms with Gasteiger partial charge in [-0.25, -0.2) is 8.42 Å². The second kappa shape index (κ2) is 4.44.